The largest absolute Gasteiger partial charge is 0.338 e. The van der Waals surface area contributed by atoms with Crippen molar-refractivity contribution in [3.63, 3.8) is 0 Å². The van der Waals surface area contributed by atoms with Gasteiger partial charge < -0.3 is 4.90 Å². The zero-order valence-corrected chi connectivity index (χ0v) is 9.99. The third-order valence-electron chi connectivity index (χ3n) is 2.38. The van der Waals surface area contributed by atoms with E-state index in [0.29, 0.717) is 25.1 Å². The van der Waals surface area contributed by atoms with Crippen LogP contribution in [-0.2, 0) is 9.59 Å². The van der Waals surface area contributed by atoms with Crippen LogP contribution in [0.4, 0.5) is 0 Å². The third kappa shape index (κ3) is 1.99. The molecule has 0 aromatic heterocycles. The molecule has 15 heavy (non-hydrogen) atoms. The maximum absolute atomic E-state index is 11.9. The van der Waals surface area contributed by atoms with Gasteiger partial charge in [-0.25, -0.2) is 0 Å². The lowest BCUT2D eigenvalue weighted by Gasteiger charge is -2.26. The second-order valence-electron chi connectivity index (χ2n) is 3.23. The highest BCUT2D eigenvalue weighted by molar-refractivity contribution is 8.27. The fourth-order valence-corrected chi connectivity index (χ4v) is 3.45. The molecule has 0 radical (unpaired) electrons. The van der Waals surface area contributed by atoms with Gasteiger partial charge in [-0.05, 0) is 17.7 Å². The first kappa shape index (κ1) is 10.8. The summed E-state index contributed by atoms with van der Waals surface area (Å²) in [5.41, 5.74) is 0.392. The molecule has 80 valence electrons. The first-order valence-electron chi connectivity index (χ1n) is 4.79. The Morgan fingerprint density at radius 1 is 1.33 bits per heavy atom. The van der Waals surface area contributed by atoms with E-state index in [-0.39, 0.29) is 11.7 Å². The number of nitrogens with zero attached hydrogens (tertiary/aromatic N) is 1. The van der Waals surface area contributed by atoms with Gasteiger partial charge in [0, 0.05) is 19.5 Å². The number of hydrogen-bond acceptors (Lipinski definition) is 4. The van der Waals surface area contributed by atoms with Gasteiger partial charge in [0.15, 0.2) is 5.78 Å². The van der Waals surface area contributed by atoms with Crippen LogP contribution in [0.25, 0.3) is 0 Å². The Kier molecular flexibility index (Phi) is 3.21. The smallest absolute Gasteiger partial charge is 0.259 e. The normalized spacial score (nSPS) is 21.8. The third-order valence-corrected chi connectivity index (χ3v) is 4.51. The summed E-state index contributed by atoms with van der Waals surface area (Å²) in [7, 11) is 0. The molecule has 2 rings (SSSR count). The fourth-order valence-electron chi connectivity index (χ4n) is 1.57. The lowest BCUT2D eigenvalue weighted by atomic mass is 10.0. The van der Waals surface area contributed by atoms with E-state index >= 15 is 0 Å². The van der Waals surface area contributed by atoms with E-state index in [1.807, 2.05) is 17.7 Å². The van der Waals surface area contributed by atoms with Crippen LogP contribution >= 0.6 is 23.5 Å². The molecule has 1 fully saturated rings. The summed E-state index contributed by atoms with van der Waals surface area (Å²) >= 11 is 2.93. The van der Waals surface area contributed by atoms with Crippen LogP contribution in [0.5, 0.6) is 0 Å². The molecule has 0 bridgehead atoms. The van der Waals surface area contributed by atoms with Crippen LogP contribution in [0.2, 0.25) is 0 Å². The molecule has 1 saturated heterocycles. The van der Waals surface area contributed by atoms with Crippen LogP contribution in [0.1, 0.15) is 13.3 Å². The van der Waals surface area contributed by atoms with Gasteiger partial charge in [0.2, 0.25) is 0 Å². The van der Waals surface area contributed by atoms with Crippen LogP contribution < -0.4 is 0 Å². The molecule has 0 aromatic carbocycles. The van der Waals surface area contributed by atoms with Gasteiger partial charge in [-0.2, -0.15) is 0 Å². The molecular weight excluding hydrogens is 230 g/mol. The zero-order chi connectivity index (χ0) is 10.8. The summed E-state index contributed by atoms with van der Waals surface area (Å²) < 4.78 is 0.836. The number of Topliss-reactive ketones (excluding diaryl/α,β-unsaturated/α-hetero) is 1. The molecular formula is C10H11NO2S2. The lowest BCUT2D eigenvalue weighted by molar-refractivity contribution is -0.133. The molecule has 0 unspecified atom stereocenters. The number of rotatable bonds is 1. The Morgan fingerprint density at radius 3 is 2.60 bits per heavy atom. The maximum atomic E-state index is 11.9. The minimum atomic E-state index is -0.104. The van der Waals surface area contributed by atoms with Crippen LogP contribution in [0.15, 0.2) is 20.6 Å². The van der Waals surface area contributed by atoms with Crippen molar-refractivity contribution in [2.24, 2.45) is 0 Å². The summed E-state index contributed by atoms with van der Waals surface area (Å²) in [6, 6.07) is 0. The van der Waals surface area contributed by atoms with Gasteiger partial charge in [-0.3, -0.25) is 9.59 Å². The molecule has 0 aromatic rings. The van der Waals surface area contributed by atoms with Crippen molar-refractivity contribution in [2.45, 2.75) is 13.3 Å². The molecule has 0 aliphatic carbocycles. The Balaban J connectivity index is 2.31. The molecule has 1 amide bonds. The summed E-state index contributed by atoms with van der Waals surface area (Å²) in [6.07, 6.45) is 0.458. The number of likely N-dealkylation sites (tertiary alicyclic amines) is 1. The van der Waals surface area contributed by atoms with Gasteiger partial charge in [0.1, 0.15) is 5.57 Å². The van der Waals surface area contributed by atoms with Crippen molar-refractivity contribution >= 4 is 35.2 Å². The second-order valence-corrected chi connectivity index (χ2v) is 5.32. The van der Waals surface area contributed by atoms with Crippen molar-refractivity contribution in [3.8, 4) is 0 Å². The number of carbonyl (C=O) groups excluding carboxylic acids is 2. The number of ketones is 1. The van der Waals surface area contributed by atoms with E-state index in [4.69, 9.17) is 0 Å². The first-order chi connectivity index (χ1) is 7.24. The van der Waals surface area contributed by atoms with Gasteiger partial charge in [-0.1, -0.05) is 23.5 Å². The fraction of sp³-hybridized carbons (Fsp3) is 0.400. The topological polar surface area (TPSA) is 37.4 Å². The number of hydrogen-bond donors (Lipinski definition) is 0. The highest BCUT2D eigenvalue weighted by Crippen LogP contribution is 2.41. The van der Waals surface area contributed by atoms with Gasteiger partial charge in [-0.15, -0.1) is 0 Å². The van der Waals surface area contributed by atoms with Crippen LogP contribution in [-0.4, -0.2) is 29.7 Å². The monoisotopic (exact) mass is 241 g/mol. The highest BCUT2D eigenvalue weighted by Gasteiger charge is 2.32. The average Bonchev–Trinajstić information content (AvgIpc) is 2.71. The predicted octanol–water partition coefficient (Wildman–Crippen LogP) is 1.97. The molecule has 0 saturated carbocycles. The van der Waals surface area contributed by atoms with E-state index in [9.17, 15) is 9.59 Å². The second kappa shape index (κ2) is 4.45. The quantitative estimate of drug-likeness (QED) is 0.519. The number of amides is 1. The van der Waals surface area contributed by atoms with E-state index in [1.165, 1.54) is 23.5 Å². The zero-order valence-electron chi connectivity index (χ0n) is 8.36. The predicted molar refractivity (Wildman–Crippen MR) is 63.2 cm³/mol. The SMILES string of the molecule is CCN1CCC(=O)C(=C2SC=CS2)C1=O. The van der Waals surface area contributed by atoms with Crippen molar-refractivity contribution in [1.82, 2.24) is 4.90 Å². The number of thioether (sulfide) groups is 2. The molecule has 0 atom stereocenters. The first-order valence-corrected chi connectivity index (χ1v) is 6.55. The number of likely N-dealkylation sites (N-methyl/N-ethyl adjacent to an activating group) is 1. The molecule has 3 nitrogen and oxygen atoms in total. The Morgan fingerprint density at radius 2 is 2.00 bits per heavy atom. The van der Waals surface area contributed by atoms with Crippen LogP contribution in [0, 0.1) is 0 Å². The standard InChI is InChI=1S/C10H11NO2S2/c1-2-11-4-3-7(12)8(9(11)13)10-14-5-6-15-10/h5-6H,2-4H2,1H3. The molecule has 2 aliphatic rings. The van der Waals surface area contributed by atoms with E-state index in [0.717, 1.165) is 4.24 Å². The minimum absolute atomic E-state index is 0.0107. The van der Waals surface area contributed by atoms with Gasteiger partial charge >= 0.3 is 0 Å². The summed E-state index contributed by atoms with van der Waals surface area (Å²) in [6.45, 7) is 3.17. The Bertz CT molecular complexity index is 364. The minimum Gasteiger partial charge on any atom is -0.338 e. The molecule has 0 N–H and O–H groups in total. The van der Waals surface area contributed by atoms with Crippen molar-refractivity contribution in [1.29, 1.82) is 0 Å². The summed E-state index contributed by atoms with van der Waals surface area (Å²) in [5, 5.41) is 3.80. The van der Waals surface area contributed by atoms with E-state index in [2.05, 4.69) is 0 Å². The summed E-state index contributed by atoms with van der Waals surface area (Å²) in [5.74, 6) is -0.115. The van der Waals surface area contributed by atoms with Crippen LogP contribution in [0.3, 0.4) is 0 Å². The van der Waals surface area contributed by atoms with Gasteiger partial charge in [0.25, 0.3) is 5.91 Å². The Labute approximate surface area is 97.0 Å². The maximum Gasteiger partial charge on any atom is 0.259 e. The average molecular weight is 241 g/mol. The molecule has 2 aliphatic heterocycles. The number of carbonyl (C=O) groups is 2. The van der Waals surface area contributed by atoms with Gasteiger partial charge in [0.05, 0.1) is 4.24 Å². The van der Waals surface area contributed by atoms with E-state index < -0.39 is 0 Å². The number of piperidine rings is 1. The summed E-state index contributed by atoms with van der Waals surface area (Å²) in [4.78, 5) is 25.4. The van der Waals surface area contributed by atoms with Crippen molar-refractivity contribution in [2.75, 3.05) is 13.1 Å². The highest BCUT2D eigenvalue weighted by atomic mass is 32.2. The molecule has 2 heterocycles. The Hall–Kier alpha value is -0.680. The van der Waals surface area contributed by atoms with Crippen molar-refractivity contribution in [3.05, 3.63) is 20.6 Å². The molecule has 0 spiro atoms. The molecule has 5 heteroatoms. The lowest BCUT2D eigenvalue weighted by Crippen LogP contribution is -2.41. The van der Waals surface area contributed by atoms with Crippen molar-refractivity contribution < 1.29 is 9.59 Å². The van der Waals surface area contributed by atoms with E-state index in [1.54, 1.807) is 4.90 Å².